The minimum atomic E-state index is -4.12. The third-order valence-corrected chi connectivity index (χ3v) is 10.8. The first-order valence-electron chi connectivity index (χ1n) is 14.1. The number of fused-ring (bicyclic) bond motifs is 2. The van der Waals surface area contributed by atoms with Crippen LogP contribution in [0.5, 0.6) is 5.75 Å². The highest BCUT2D eigenvalue weighted by atomic mass is 32.2. The first-order valence-corrected chi connectivity index (χ1v) is 15.5. The molecule has 0 aliphatic heterocycles. The largest absolute Gasteiger partial charge is 0.496 e. The van der Waals surface area contributed by atoms with Crippen LogP contribution < -0.4 is 4.74 Å². The van der Waals surface area contributed by atoms with Gasteiger partial charge in [0.05, 0.1) is 24.7 Å². The van der Waals surface area contributed by atoms with Crippen molar-refractivity contribution < 1.29 is 21.9 Å². The Morgan fingerprint density at radius 1 is 1.05 bits per heavy atom. The summed E-state index contributed by atoms with van der Waals surface area (Å²) in [5, 5.41) is 4.60. The Labute approximate surface area is 245 Å². The summed E-state index contributed by atoms with van der Waals surface area (Å²) in [4.78, 5) is -0.310. The summed E-state index contributed by atoms with van der Waals surface area (Å²) in [6.07, 6.45) is 6.80. The van der Waals surface area contributed by atoms with Crippen LogP contribution in [0.1, 0.15) is 36.6 Å². The zero-order valence-electron chi connectivity index (χ0n) is 23.6. The number of allylic oxidation sites excluding steroid dienone is 1. The third-order valence-electron chi connectivity index (χ3n) is 8.92. The smallest absolute Gasteiger partial charge is 0.246 e. The van der Waals surface area contributed by atoms with E-state index in [2.05, 4.69) is 18.1 Å². The first-order chi connectivity index (χ1) is 20.2. The number of aromatic nitrogens is 2. The van der Waals surface area contributed by atoms with Crippen molar-refractivity contribution in [2.24, 2.45) is 11.3 Å². The Hall–Kier alpha value is -3.82. The minimum Gasteiger partial charge on any atom is -0.496 e. The van der Waals surface area contributed by atoms with Crippen LogP contribution in [0.3, 0.4) is 0 Å². The van der Waals surface area contributed by atoms with E-state index in [0.717, 1.165) is 35.3 Å². The predicted octanol–water partition coefficient (Wildman–Crippen LogP) is 6.45. The lowest BCUT2D eigenvalue weighted by Gasteiger charge is -2.38. The molecule has 3 aromatic carbocycles. The molecule has 1 aromatic heterocycles. The van der Waals surface area contributed by atoms with E-state index >= 15 is 0 Å². The molecule has 218 valence electrons. The molecule has 0 amide bonds. The van der Waals surface area contributed by atoms with E-state index in [1.54, 1.807) is 25.3 Å². The summed E-state index contributed by atoms with van der Waals surface area (Å²) < 4.78 is 65.1. The molecule has 0 spiro atoms. The molecule has 2 atom stereocenters. The van der Waals surface area contributed by atoms with E-state index in [9.17, 15) is 17.2 Å². The van der Waals surface area contributed by atoms with Crippen LogP contribution in [0.15, 0.2) is 89.5 Å². The molecule has 0 bridgehead atoms. The number of benzene rings is 3. The van der Waals surface area contributed by atoms with Crippen LogP contribution in [0.4, 0.5) is 8.78 Å². The number of nitrogens with zero attached hydrogens (tertiary/aromatic N) is 3. The summed E-state index contributed by atoms with van der Waals surface area (Å²) in [5.41, 5.74) is 4.68. The number of para-hydroxylation sites is 1. The Kier molecular flexibility index (Phi) is 7.49. The highest BCUT2D eigenvalue weighted by Gasteiger charge is 2.47. The van der Waals surface area contributed by atoms with Gasteiger partial charge in [-0.25, -0.2) is 21.9 Å². The van der Waals surface area contributed by atoms with Crippen molar-refractivity contribution >= 4 is 16.1 Å². The van der Waals surface area contributed by atoms with Gasteiger partial charge in [0.2, 0.25) is 10.0 Å². The molecule has 9 heteroatoms. The maximum Gasteiger partial charge on any atom is 0.246 e. The van der Waals surface area contributed by atoms with Gasteiger partial charge in [0.25, 0.3) is 0 Å². The van der Waals surface area contributed by atoms with Gasteiger partial charge in [0.1, 0.15) is 22.3 Å². The fraction of sp³-hybridized carbons (Fsp3) is 0.303. The van der Waals surface area contributed by atoms with Gasteiger partial charge >= 0.3 is 0 Å². The van der Waals surface area contributed by atoms with Crippen molar-refractivity contribution in [3.63, 3.8) is 0 Å². The van der Waals surface area contributed by atoms with Crippen LogP contribution in [-0.4, -0.2) is 42.7 Å². The lowest BCUT2D eigenvalue weighted by molar-refractivity contribution is 0.221. The SMILES string of the molecule is COc1ccccc1CCN(C[C@H]1CCC2=Cc3c(cnn3-c3ccc(F)cc3)C[C@@]21C)S(=O)(=O)c1ccccc1F. The van der Waals surface area contributed by atoms with Gasteiger partial charge in [-0.15, -0.1) is 0 Å². The van der Waals surface area contributed by atoms with Gasteiger partial charge in [0.15, 0.2) is 0 Å². The molecule has 2 aliphatic carbocycles. The van der Waals surface area contributed by atoms with Gasteiger partial charge in [-0.2, -0.15) is 9.40 Å². The molecule has 6 rings (SSSR count). The number of hydrogen-bond donors (Lipinski definition) is 0. The summed E-state index contributed by atoms with van der Waals surface area (Å²) in [5.74, 6) is -0.347. The molecule has 0 N–H and O–H groups in total. The second-order valence-corrected chi connectivity index (χ2v) is 13.2. The van der Waals surface area contributed by atoms with E-state index in [-0.39, 0.29) is 35.1 Å². The standard InChI is InChI=1S/C33H33F2N3O3S/c1-33-20-24-21-36-38(28-15-13-27(34)14-16-28)30(24)19-25(33)11-12-26(33)22-37(18-17-23-7-3-5-9-31(23)41-2)42(39,40)32-10-6-4-8-29(32)35/h3-10,13-16,19,21,26H,11-12,17-18,20,22H2,1-2H3/t26-,33+/m1/s1. The summed E-state index contributed by atoms with van der Waals surface area (Å²) in [7, 11) is -2.53. The number of methoxy groups -OCH3 is 1. The lowest BCUT2D eigenvalue weighted by atomic mass is 9.70. The maximum atomic E-state index is 14.8. The van der Waals surface area contributed by atoms with Crippen molar-refractivity contribution in [3.8, 4) is 11.4 Å². The van der Waals surface area contributed by atoms with Gasteiger partial charge in [-0.1, -0.05) is 42.8 Å². The monoisotopic (exact) mass is 589 g/mol. The lowest BCUT2D eigenvalue weighted by Crippen LogP contribution is -2.42. The Morgan fingerprint density at radius 3 is 2.55 bits per heavy atom. The fourth-order valence-electron chi connectivity index (χ4n) is 6.52. The van der Waals surface area contributed by atoms with Crippen LogP contribution >= 0.6 is 0 Å². The van der Waals surface area contributed by atoms with Crippen molar-refractivity contribution in [1.82, 2.24) is 14.1 Å². The normalized spacial score (nSPS) is 19.8. The Bertz CT molecular complexity index is 1750. The molecule has 1 saturated carbocycles. The molecular formula is C33H33F2N3O3S. The minimum absolute atomic E-state index is 0.0188. The van der Waals surface area contributed by atoms with Crippen LogP contribution in [-0.2, 0) is 22.9 Å². The Morgan fingerprint density at radius 2 is 1.79 bits per heavy atom. The Balaban J connectivity index is 1.31. The van der Waals surface area contributed by atoms with Gasteiger partial charge < -0.3 is 4.74 Å². The predicted molar refractivity (Wildman–Crippen MR) is 158 cm³/mol. The number of halogens is 2. The molecule has 4 aromatic rings. The van der Waals surface area contributed by atoms with E-state index < -0.39 is 15.8 Å². The fourth-order valence-corrected chi connectivity index (χ4v) is 8.07. The molecule has 1 fully saturated rings. The van der Waals surface area contributed by atoms with Gasteiger partial charge in [-0.3, -0.25) is 0 Å². The van der Waals surface area contributed by atoms with E-state index in [0.29, 0.717) is 18.6 Å². The maximum absolute atomic E-state index is 14.8. The second-order valence-electron chi connectivity index (χ2n) is 11.3. The number of ether oxygens (including phenoxy) is 1. The zero-order chi connectivity index (χ0) is 29.5. The molecule has 42 heavy (non-hydrogen) atoms. The van der Waals surface area contributed by atoms with E-state index in [4.69, 9.17) is 4.74 Å². The molecule has 0 unspecified atom stereocenters. The molecule has 6 nitrogen and oxygen atoms in total. The van der Waals surface area contributed by atoms with Crippen molar-refractivity contribution in [1.29, 1.82) is 0 Å². The van der Waals surface area contributed by atoms with Crippen LogP contribution in [0.2, 0.25) is 0 Å². The number of rotatable bonds is 9. The highest BCUT2D eigenvalue weighted by Crippen LogP contribution is 2.53. The second kappa shape index (κ2) is 11.1. The van der Waals surface area contributed by atoms with Crippen LogP contribution in [0, 0.1) is 23.0 Å². The summed E-state index contributed by atoms with van der Waals surface area (Å²) in [6.45, 7) is 2.65. The summed E-state index contributed by atoms with van der Waals surface area (Å²) in [6, 6.07) is 19.4. The molecule has 2 aliphatic rings. The van der Waals surface area contributed by atoms with Gasteiger partial charge in [-0.05, 0) is 96.7 Å². The number of hydrogen-bond acceptors (Lipinski definition) is 4. The van der Waals surface area contributed by atoms with Crippen molar-refractivity contribution in [2.45, 2.75) is 37.5 Å². The third kappa shape index (κ3) is 5.05. The zero-order valence-corrected chi connectivity index (χ0v) is 24.4. The molecular weight excluding hydrogens is 556 g/mol. The first kappa shape index (κ1) is 28.3. The van der Waals surface area contributed by atoms with Crippen molar-refractivity contribution in [3.05, 3.63) is 113 Å². The molecule has 0 radical (unpaired) electrons. The topological polar surface area (TPSA) is 64.4 Å². The average Bonchev–Trinajstić information content (AvgIpc) is 3.53. The van der Waals surface area contributed by atoms with Crippen LogP contribution in [0.25, 0.3) is 11.8 Å². The van der Waals surface area contributed by atoms with E-state index in [1.165, 1.54) is 40.2 Å². The van der Waals surface area contributed by atoms with E-state index in [1.807, 2.05) is 35.1 Å². The summed E-state index contributed by atoms with van der Waals surface area (Å²) >= 11 is 0. The average molecular weight is 590 g/mol. The molecule has 1 heterocycles. The quantitative estimate of drug-likeness (QED) is 0.225. The highest BCUT2D eigenvalue weighted by molar-refractivity contribution is 7.89. The molecule has 0 saturated heterocycles. The van der Waals surface area contributed by atoms with Crippen molar-refractivity contribution in [2.75, 3.05) is 20.2 Å². The number of sulfonamides is 1. The van der Waals surface area contributed by atoms with Gasteiger partial charge in [0, 0.05) is 13.1 Å².